The van der Waals surface area contributed by atoms with Gasteiger partial charge in [-0.15, -0.1) is 0 Å². The van der Waals surface area contributed by atoms with Gasteiger partial charge in [0.15, 0.2) is 5.69 Å². The number of aromatic nitrogens is 2. The molecule has 0 fully saturated rings. The van der Waals surface area contributed by atoms with Crippen LogP contribution in [0.3, 0.4) is 0 Å². The molecule has 1 amide bonds. The molecule has 2 N–H and O–H groups in total. The molecule has 1 unspecified atom stereocenters. The maximum atomic E-state index is 12.5. The third kappa shape index (κ3) is 4.99. The number of nitrogens with one attached hydrogen (secondary N) is 2. The van der Waals surface area contributed by atoms with E-state index in [0.29, 0.717) is 36.9 Å². The third-order valence-corrected chi connectivity index (χ3v) is 5.11. The summed E-state index contributed by atoms with van der Waals surface area (Å²) in [6.07, 6.45) is -3.51. The van der Waals surface area contributed by atoms with E-state index in [2.05, 4.69) is 15.7 Å². The highest BCUT2D eigenvalue weighted by Crippen LogP contribution is 2.28. The molecule has 3 heterocycles. The summed E-state index contributed by atoms with van der Waals surface area (Å²) in [5, 5.41) is 10.1. The Morgan fingerprint density at radius 3 is 2.93 bits per heavy atom. The largest absolute Gasteiger partial charge is 0.491 e. The summed E-state index contributed by atoms with van der Waals surface area (Å²) in [5.74, 6) is 0.844. The molecule has 2 aromatic rings. The minimum atomic E-state index is -4.23. The average molecular weight is 445 g/mol. The van der Waals surface area contributed by atoms with Crippen LogP contribution in [0.25, 0.3) is 0 Å². The van der Waals surface area contributed by atoms with Gasteiger partial charge in [-0.25, -0.2) is 4.68 Å². The first-order valence-electron chi connectivity index (χ1n) is 9.51. The lowest BCUT2D eigenvalue weighted by atomic mass is 10.0. The number of carbonyl (C=O) groups is 1. The Kier molecular flexibility index (Phi) is 5.79. The molecule has 4 rings (SSSR count). The van der Waals surface area contributed by atoms with Gasteiger partial charge in [0.25, 0.3) is 5.91 Å². The number of alkyl halides is 3. The highest BCUT2D eigenvalue weighted by atomic mass is 35.5. The number of hydrogen-bond acceptors (Lipinski definition) is 5. The minimum absolute atomic E-state index is 0.176. The molecular formula is C19H20ClF3N4O3. The van der Waals surface area contributed by atoms with Crippen LogP contribution in [-0.2, 0) is 13.0 Å². The molecule has 0 spiro atoms. The number of hydrogen-bond donors (Lipinski definition) is 2. The number of fused-ring (bicyclic) bond motifs is 2. The monoisotopic (exact) mass is 444 g/mol. The Morgan fingerprint density at radius 2 is 2.17 bits per heavy atom. The van der Waals surface area contributed by atoms with Crippen LogP contribution in [0.15, 0.2) is 24.3 Å². The zero-order valence-corrected chi connectivity index (χ0v) is 16.6. The van der Waals surface area contributed by atoms with Crippen molar-refractivity contribution >= 4 is 17.5 Å². The first-order chi connectivity index (χ1) is 14.3. The van der Waals surface area contributed by atoms with E-state index in [1.165, 1.54) is 6.07 Å². The number of nitrogens with zero attached hydrogens (tertiary/aromatic N) is 2. The van der Waals surface area contributed by atoms with Gasteiger partial charge < -0.3 is 20.1 Å². The van der Waals surface area contributed by atoms with Crippen molar-refractivity contribution in [3.8, 4) is 11.6 Å². The lowest BCUT2D eigenvalue weighted by Gasteiger charge is -2.26. The molecular weight excluding hydrogens is 425 g/mol. The van der Waals surface area contributed by atoms with Crippen LogP contribution in [0.4, 0.5) is 13.2 Å². The summed E-state index contributed by atoms with van der Waals surface area (Å²) in [5.41, 5.74) is 1.15. The van der Waals surface area contributed by atoms with E-state index in [0.717, 1.165) is 11.3 Å². The van der Waals surface area contributed by atoms with Crippen LogP contribution in [0.1, 0.15) is 22.5 Å². The van der Waals surface area contributed by atoms with Crippen LogP contribution in [0, 0.1) is 0 Å². The fraction of sp³-hybridized carbons (Fsp3) is 0.474. The van der Waals surface area contributed by atoms with Gasteiger partial charge in [-0.2, -0.15) is 18.3 Å². The van der Waals surface area contributed by atoms with E-state index in [9.17, 15) is 18.0 Å². The van der Waals surface area contributed by atoms with Crippen molar-refractivity contribution in [2.45, 2.75) is 37.7 Å². The number of benzene rings is 1. The fourth-order valence-corrected chi connectivity index (χ4v) is 3.69. The standard InChI is InChI=1S/C19H20ClF3N4O3/c20-12-1-2-16-11(5-12)6-13(9-29-16)25-18(28)15-7-17-27(26-15)8-14(30-17)3-4-24-10-19(21,22)23/h1-2,5,7,13-14,24H,3-4,6,8-10H2,(H,25,28)/t13-,14?/m1/s1. The molecule has 30 heavy (non-hydrogen) atoms. The molecule has 0 bridgehead atoms. The Labute approximate surface area is 175 Å². The molecule has 2 aliphatic rings. The predicted octanol–water partition coefficient (Wildman–Crippen LogP) is 2.57. The van der Waals surface area contributed by atoms with Gasteiger partial charge in [0.05, 0.1) is 19.1 Å². The summed E-state index contributed by atoms with van der Waals surface area (Å²) in [6, 6.07) is 6.70. The van der Waals surface area contributed by atoms with E-state index in [1.807, 2.05) is 12.1 Å². The predicted molar refractivity (Wildman–Crippen MR) is 102 cm³/mol. The van der Waals surface area contributed by atoms with Crippen LogP contribution in [-0.4, -0.2) is 53.7 Å². The first-order valence-corrected chi connectivity index (χ1v) is 9.89. The maximum absolute atomic E-state index is 12.5. The third-order valence-electron chi connectivity index (χ3n) is 4.87. The molecule has 162 valence electrons. The van der Waals surface area contributed by atoms with E-state index >= 15 is 0 Å². The van der Waals surface area contributed by atoms with Crippen LogP contribution >= 0.6 is 11.6 Å². The SMILES string of the molecule is O=C(N[C@H]1COc2ccc(Cl)cc2C1)c1cc2n(n1)CC(CCNCC(F)(F)F)O2. The van der Waals surface area contributed by atoms with Crippen LogP contribution in [0.5, 0.6) is 11.6 Å². The first kappa shape index (κ1) is 20.8. The van der Waals surface area contributed by atoms with Gasteiger partial charge in [0.1, 0.15) is 18.5 Å². The molecule has 2 atom stereocenters. The smallest absolute Gasteiger partial charge is 0.401 e. The van der Waals surface area contributed by atoms with Crippen molar-refractivity contribution in [3.05, 3.63) is 40.5 Å². The van der Waals surface area contributed by atoms with Crippen molar-refractivity contribution in [2.75, 3.05) is 19.7 Å². The highest BCUT2D eigenvalue weighted by Gasteiger charge is 2.29. The van der Waals surface area contributed by atoms with Gasteiger partial charge in [0, 0.05) is 11.1 Å². The molecule has 1 aromatic heterocycles. The quantitative estimate of drug-likeness (QED) is 0.670. The molecule has 0 saturated heterocycles. The normalized spacial score (nSPS) is 20.1. The van der Waals surface area contributed by atoms with E-state index in [4.69, 9.17) is 21.1 Å². The van der Waals surface area contributed by atoms with Crippen molar-refractivity contribution in [3.63, 3.8) is 0 Å². The molecule has 1 aromatic carbocycles. The summed E-state index contributed by atoms with van der Waals surface area (Å²) < 4.78 is 49.3. The molecule has 7 nitrogen and oxygen atoms in total. The second-order valence-corrected chi connectivity index (χ2v) is 7.74. The van der Waals surface area contributed by atoms with Gasteiger partial charge >= 0.3 is 6.18 Å². The highest BCUT2D eigenvalue weighted by molar-refractivity contribution is 6.30. The van der Waals surface area contributed by atoms with Crippen molar-refractivity contribution in [1.29, 1.82) is 0 Å². The molecule has 2 aliphatic heterocycles. The Balaban J connectivity index is 1.27. The fourth-order valence-electron chi connectivity index (χ4n) is 3.50. The zero-order chi connectivity index (χ0) is 21.3. The number of halogens is 4. The molecule has 0 saturated carbocycles. The van der Waals surface area contributed by atoms with Gasteiger partial charge in [-0.1, -0.05) is 11.6 Å². The molecule has 0 aliphatic carbocycles. The lowest BCUT2D eigenvalue weighted by molar-refractivity contribution is -0.124. The summed E-state index contributed by atoms with van der Waals surface area (Å²) >= 11 is 6.02. The average Bonchev–Trinajstić information content (AvgIpc) is 3.23. The number of amides is 1. The number of ether oxygens (including phenoxy) is 2. The Morgan fingerprint density at radius 1 is 1.33 bits per heavy atom. The summed E-state index contributed by atoms with van der Waals surface area (Å²) in [7, 11) is 0. The van der Waals surface area contributed by atoms with Crippen LogP contribution in [0.2, 0.25) is 5.02 Å². The number of carbonyl (C=O) groups excluding carboxylic acids is 1. The second-order valence-electron chi connectivity index (χ2n) is 7.31. The van der Waals surface area contributed by atoms with Crippen molar-refractivity contribution in [2.24, 2.45) is 0 Å². The summed E-state index contributed by atoms with van der Waals surface area (Å²) in [4.78, 5) is 12.5. The summed E-state index contributed by atoms with van der Waals surface area (Å²) in [6.45, 7) is -0.127. The topological polar surface area (TPSA) is 77.4 Å². The molecule has 0 radical (unpaired) electrons. The minimum Gasteiger partial charge on any atom is -0.491 e. The van der Waals surface area contributed by atoms with E-state index in [1.54, 1.807) is 10.7 Å². The lowest BCUT2D eigenvalue weighted by Crippen LogP contribution is -2.43. The zero-order valence-electron chi connectivity index (χ0n) is 15.8. The Bertz CT molecular complexity index is 911. The maximum Gasteiger partial charge on any atom is 0.401 e. The van der Waals surface area contributed by atoms with E-state index < -0.39 is 12.7 Å². The Hall–Kier alpha value is -2.46. The molecule has 11 heteroatoms. The van der Waals surface area contributed by atoms with Crippen molar-refractivity contribution in [1.82, 2.24) is 20.4 Å². The van der Waals surface area contributed by atoms with Crippen molar-refractivity contribution < 1.29 is 27.4 Å². The van der Waals surface area contributed by atoms with Gasteiger partial charge in [-0.3, -0.25) is 4.79 Å². The van der Waals surface area contributed by atoms with Gasteiger partial charge in [0.2, 0.25) is 5.88 Å². The van der Waals surface area contributed by atoms with E-state index in [-0.39, 0.29) is 30.3 Å². The van der Waals surface area contributed by atoms with Gasteiger partial charge in [-0.05, 0) is 43.1 Å². The number of rotatable bonds is 6. The van der Waals surface area contributed by atoms with Crippen LogP contribution < -0.4 is 20.1 Å². The second kappa shape index (κ2) is 8.35.